The van der Waals surface area contributed by atoms with Crippen molar-refractivity contribution in [3.63, 3.8) is 0 Å². The van der Waals surface area contributed by atoms with Crippen LogP contribution in [0.3, 0.4) is 0 Å². The topological polar surface area (TPSA) is 55.6 Å². The molecule has 1 saturated heterocycles. The highest BCUT2D eigenvalue weighted by Crippen LogP contribution is 2.18. The van der Waals surface area contributed by atoms with E-state index in [1.807, 2.05) is 18.5 Å². The predicted octanol–water partition coefficient (Wildman–Crippen LogP) is 0.867. The molecule has 1 fully saturated rings. The zero-order chi connectivity index (χ0) is 12.3. The van der Waals surface area contributed by atoms with E-state index in [9.17, 15) is 4.79 Å². The van der Waals surface area contributed by atoms with Gasteiger partial charge in [0.2, 0.25) is 5.91 Å². The molecule has 2 rings (SSSR count). The van der Waals surface area contributed by atoms with Gasteiger partial charge in [-0.3, -0.25) is 4.79 Å². The average Bonchev–Trinajstić information content (AvgIpc) is 2.96. The third-order valence-electron chi connectivity index (χ3n) is 3.10. The fourth-order valence-electron chi connectivity index (χ4n) is 1.96. The quantitative estimate of drug-likeness (QED) is 0.867. The van der Waals surface area contributed by atoms with E-state index in [0.29, 0.717) is 26.2 Å². The van der Waals surface area contributed by atoms with Crippen LogP contribution in [0.5, 0.6) is 0 Å². The van der Waals surface area contributed by atoms with Crippen LogP contribution in [0.2, 0.25) is 0 Å². The van der Waals surface area contributed by atoms with Gasteiger partial charge in [0.05, 0.1) is 6.61 Å². The first-order valence-electron chi connectivity index (χ1n) is 5.76. The van der Waals surface area contributed by atoms with E-state index in [2.05, 4.69) is 6.07 Å². The van der Waals surface area contributed by atoms with Crippen LogP contribution in [0.25, 0.3) is 0 Å². The second-order valence-electron chi connectivity index (χ2n) is 4.51. The van der Waals surface area contributed by atoms with Gasteiger partial charge in [0.1, 0.15) is 5.54 Å². The molecule has 2 N–H and O–H groups in total. The Labute approximate surface area is 105 Å². The second-order valence-corrected chi connectivity index (χ2v) is 5.55. The van der Waals surface area contributed by atoms with Gasteiger partial charge in [0.15, 0.2) is 0 Å². The third kappa shape index (κ3) is 2.86. The van der Waals surface area contributed by atoms with Crippen molar-refractivity contribution < 1.29 is 9.53 Å². The molecule has 2 heterocycles. The molecule has 94 valence electrons. The molecule has 0 bridgehead atoms. The maximum Gasteiger partial charge on any atom is 0.244 e. The van der Waals surface area contributed by atoms with Crippen molar-refractivity contribution in [3.05, 3.63) is 22.4 Å². The molecule has 1 amide bonds. The van der Waals surface area contributed by atoms with Gasteiger partial charge in [-0.1, -0.05) is 6.07 Å². The van der Waals surface area contributed by atoms with Crippen molar-refractivity contribution in [2.45, 2.75) is 18.4 Å². The van der Waals surface area contributed by atoms with Gasteiger partial charge in [-0.25, -0.2) is 0 Å². The van der Waals surface area contributed by atoms with Crippen LogP contribution in [-0.4, -0.2) is 43.2 Å². The van der Waals surface area contributed by atoms with Crippen molar-refractivity contribution in [3.8, 4) is 0 Å². The third-order valence-corrected chi connectivity index (χ3v) is 4.03. The first kappa shape index (κ1) is 12.5. The molecular weight excluding hydrogens is 236 g/mol. The lowest BCUT2D eigenvalue weighted by molar-refractivity contribution is -0.135. The second kappa shape index (κ2) is 5.16. The molecule has 4 nitrogen and oxygen atoms in total. The first-order chi connectivity index (χ1) is 8.12. The smallest absolute Gasteiger partial charge is 0.244 e. The molecule has 1 aromatic heterocycles. The first-order valence-corrected chi connectivity index (χ1v) is 6.64. The molecule has 0 radical (unpaired) electrons. The number of ether oxygens (including phenoxy) is 1. The average molecular weight is 254 g/mol. The van der Waals surface area contributed by atoms with E-state index >= 15 is 0 Å². The Bertz CT molecular complexity index is 372. The Kier molecular flexibility index (Phi) is 3.81. The van der Waals surface area contributed by atoms with E-state index < -0.39 is 5.54 Å². The fourth-order valence-corrected chi connectivity index (χ4v) is 2.66. The number of thiophene rings is 1. The largest absolute Gasteiger partial charge is 0.379 e. The lowest BCUT2D eigenvalue weighted by atomic mass is 9.98. The van der Waals surface area contributed by atoms with Crippen molar-refractivity contribution in [1.82, 2.24) is 4.90 Å². The summed E-state index contributed by atoms with van der Waals surface area (Å²) < 4.78 is 5.21. The van der Waals surface area contributed by atoms with Crippen LogP contribution < -0.4 is 5.73 Å². The Hall–Kier alpha value is -0.910. The minimum absolute atomic E-state index is 0.00782. The highest BCUT2D eigenvalue weighted by molar-refractivity contribution is 7.09. The lowest BCUT2D eigenvalue weighted by Crippen LogP contribution is -2.55. The summed E-state index contributed by atoms with van der Waals surface area (Å²) in [6.45, 7) is 1.63. The van der Waals surface area contributed by atoms with E-state index in [4.69, 9.17) is 10.5 Å². The monoisotopic (exact) mass is 254 g/mol. The summed E-state index contributed by atoms with van der Waals surface area (Å²) >= 11 is 1.71. The number of likely N-dealkylation sites (N-methyl/N-ethyl adjacent to an activating group) is 1. The van der Waals surface area contributed by atoms with E-state index in [-0.39, 0.29) is 5.91 Å². The van der Waals surface area contributed by atoms with Crippen molar-refractivity contribution in [1.29, 1.82) is 0 Å². The summed E-state index contributed by atoms with van der Waals surface area (Å²) in [4.78, 5) is 15.2. The molecule has 17 heavy (non-hydrogen) atoms. The summed E-state index contributed by atoms with van der Waals surface area (Å²) in [5.74, 6) is -0.00782. The highest BCUT2D eigenvalue weighted by Gasteiger charge is 2.39. The maximum atomic E-state index is 12.2. The number of hydrogen-bond acceptors (Lipinski definition) is 4. The Morgan fingerprint density at radius 3 is 3.12 bits per heavy atom. The molecule has 0 saturated carbocycles. The zero-order valence-electron chi connectivity index (χ0n) is 10.0. The summed E-state index contributed by atoms with van der Waals surface area (Å²) in [6, 6.07) is 4.11. The van der Waals surface area contributed by atoms with Gasteiger partial charge in [-0.05, 0) is 24.3 Å². The van der Waals surface area contributed by atoms with Gasteiger partial charge in [0, 0.05) is 25.1 Å². The molecular formula is C12H18N2O2S. The summed E-state index contributed by atoms with van der Waals surface area (Å²) in [5, 5.41) is 2.05. The van der Waals surface area contributed by atoms with Crippen LogP contribution in [0.1, 0.15) is 11.3 Å². The summed E-state index contributed by atoms with van der Waals surface area (Å²) in [7, 11) is 1.81. The van der Waals surface area contributed by atoms with Gasteiger partial charge >= 0.3 is 0 Å². The summed E-state index contributed by atoms with van der Waals surface area (Å²) in [6.07, 6.45) is 1.51. The SMILES string of the molecule is CN(CCc1cccs1)C(=O)C1(N)CCOC1. The molecule has 0 aromatic carbocycles. The fraction of sp³-hybridized carbons (Fsp3) is 0.583. The minimum atomic E-state index is -0.801. The molecule has 5 heteroatoms. The molecule has 0 aliphatic carbocycles. The number of amides is 1. The number of nitrogens with two attached hydrogens (primary N) is 1. The molecule has 0 spiro atoms. The van der Waals surface area contributed by atoms with Gasteiger partial charge in [-0.15, -0.1) is 11.3 Å². The Morgan fingerprint density at radius 2 is 2.53 bits per heavy atom. The predicted molar refractivity (Wildman–Crippen MR) is 68.0 cm³/mol. The van der Waals surface area contributed by atoms with E-state index in [0.717, 1.165) is 6.42 Å². The van der Waals surface area contributed by atoms with Crippen molar-refractivity contribution in [2.24, 2.45) is 5.73 Å². The molecule has 1 unspecified atom stereocenters. The number of carbonyl (C=O) groups excluding carboxylic acids is 1. The number of hydrogen-bond donors (Lipinski definition) is 1. The van der Waals surface area contributed by atoms with E-state index in [1.165, 1.54) is 4.88 Å². The van der Waals surface area contributed by atoms with Crippen LogP contribution in [0, 0.1) is 0 Å². The van der Waals surface area contributed by atoms with Gasteiger partial charge in [0.25, 0.3) is 0 Å². The Balaban J connectivity index is 1.87. The van der Waals surface area contributed by atoms with Crippen LogP contribution in [-0.2, 0) is 16.0 Å². The number of carbonyl (C=O) groups is 1. The molecule has 1 aromatic rings. The Morgan fingerprint density at radius 1 is 1.71 bits per heavy atom. The minimum Gasteiger partial charge on any atom is -0.379 e. The highest BCUT2D eigenvalue weighted by atomic mass is 32.1. The summed E-state index contributed by atoms with van der Waals surface area (Å²) in [5.41, 5.74) is 5.24. The normalized spacial score (nSPS) is 23.9. The van der Waals surface area contributed by atoms with Crippen LogP contribution in [0.15, 0.2) is 17.5 Å². The van der Waals surface area contributed by atoms with Crippen molar-refractivity contribution in [2.75, 3.05) is 26.8 Å². The molecule has 1 atom stereocenters. The zero-order valence-corrected chi connectivity index (χ0v) is 10.8. The standard InChI is InChI=1S/C12H18N2O2S/c1-14(6-4-10-3-2-8-17-10)11(15)12(13)5-7-16-9-12/h2-3,8H,4-7,9,13H2,1H3. The molecule has 1 aliphatic heterocycles. The molecule has 1 aliphatic rings. The van der Waals surface area contributed by atoms with Crippen LogP contribution >= 0.6 is 11.3 Å². The number of nitrogens with zero attached hydrogens (tertiary/aromatic N) is 1. The van der Waals surface area contributed by atoms with Crippen LogP contribution in [0.4, 0.5) is 0 Å². The number of rotatable bonds is 4. The maximum absolute atomic E-state index is 12.2. The van der Waals surface area contributed by atoms with Crippen molar-refractivity contribution >= 4 is 17.2 Å². The van der Waals surface area contributed by atoms with Gasteiger partial charge in [-0.2, -0.15) is 0 Å². The van der Waals surface area contributed by atoms with E-state index in [1.54, 1.807) is 16.2 Å². The lowest BCUT2D eigenvalue weighted by Gasteiger charge is -2.27. The van der Waals surface area contributed by atoms with Gasteiger partial charge < -0.3 is 15.4 Å².